The summed E-state index contributed by atoms with van der Waals surface area (Å²) in [6.45, 7) is 6.07. The fourth-order valence-corrected chi connectivity index (χ4v) is 5.61. The van der Waals surface area contributed by atoms with Crippen molar-refractivity contribution in [2.75, 3.05) is 43.9 Å². The van der Waals surface area contributed by atoms with Crippen molar-refractivity contribution in [1.82, 2.24) is 19.9 Å². The van der Waals surface area contributed by atoms with Crippen molar-refractivity contribution in [2.45, 2.75) is 18.2 Å². The van der Waals surface area contributed by atoms with E-state index in [0.717, 1.165) is 44.4 Å². The summed E-state index contributed by atoms with van der Waals surface area (Å²) in [4.78, 5) is 18.6. The topological polar surface area (TPSA) is 71.2 Å². The molecule has 1 fully saturated rings. The molecular formula is C21H26N6Se. The van der Waals surface area contributed by atoms with Gasteiger partial charge in [-0.2, -0.15) is 0 Å². The first-order valence-electron chi connectivity index (χ1n) is 9.73. The minimum absolute atomic E-state index is 0.228. The van der Waals surface area contributed by atoms with Gasteiger partial charge in [-0.15, -0.1) is 0 Å². The second-order valence-corrected chi connectivity index (χ2v) is 9.84. The van der Waals surface area contributed by atoms with Gasteiger partial charge in [0.2, 0.25) is 0 Å². The molecule has 2 N–H and O–H groups in total. The van der Waals surface area contributed by atoms with Crippen LogP contribution >= 0.6 is 0 Å². The van der Waals surface area contributed by atoms with Crippen LogP contribution in [0.5, 0.6) is 0 Å². The van der Waals surface area contributed by atoms with Crippen LogP contribution in [0.15, 0.2) is 42.5 Å². The van der Waals surface area contributed by atoms with Gasteiger partial charge in [0.15, 0.2) is 0 Å². The van der Waals surface area contributed by atoms with Crippen molar-refractivity contribution in [3.8, 4) is 0 Å². The van der Waals surface area contributed by atoms with Gasteiger partial charge in [-0.1, -0.05) is 0 Å². The van der Waals surface area contributed by atoms with Crippen molar-refractivity contribution in [3.05, 3.63) is 48.3 Å². The van der Waals surface area contributed by atoms with E-state index in [-0.39, 0.29) is 19.8 Å². The Labute approximate surface area is 172 Å². The second-order valence-electron chi connectivity index (χ2n) is 7.17. The summed E-state index contributed by atoms with van der Waals surface area (Å²) < 4.78 is 1.36. The third-order valence-corrected chi connectivity index (χ3v) is 7.94. The summed E-state index contributed by atoms with van der Waals surface area (Å²) in [5, 5.41) is 2.56. The summed E-state index contributed by atoms with van der Waals surface area (Å²) in [5.74, 6) is 1.88. The van der Waals surface area contributed by atoms with Crippen molar-refractivity contribution in [1.29, 1.82) is 0 Å². The van der Waals surface area contributed by atoms with E-state index in [9.17, 15) is 0 Å². The summed E-state index contributed by atoms with van der Waals surface area (Å²) in [5.41, 5.74) is 6.06. The first-order chi connectivity index (χ1) is 13.6. The van der Waals surface area contributed by atoms with E-state index in [4.69, 9.17) is 10.7 Å². The van der Waals surface area contributed by atoms with Gasteiger partial charge >= 0.3 is 172 Å². The number of hydrogen-bond acceptors (Lipinski definition) is 6. The normalized spacial score (nSPS) is 16.4. The third-order valence-electron chi connectivity index (χ3n) is 5.10. The fourth-order valence-electron chi connectivity index (χ4n) is 3.41. The van der Waals surface area contributed by atoms with Crippen LogP contribution in [0.1, 0.15) is 24.0 Å². The van der Waals surface area contributed by atoms with Crippen LogP contribution in [0.3, 0.4) is 0 Å². The molecule has 0 saturated carbocycles. The van der Waals surface area contributed by atoms with Gasteiger partial charge in [0, 0.05) is 0 Å². The van der Waals surface area contributed by atoms with Crippen LogP contribution in [0.25, 0.3) is 10.8 Å². The van der Waals surface area contributed by atoms with Crippen LogP contribution < -0.4 is 15.1 Å². The van der Waals surface area contributed by atoms with Crippen LogP contribution in [0, 0.1) is 0 Å². The Morgan fingerprint density at radius 3 is 2.50 bits per heavy atom. The Balaban J connectivity index is 1.58. The van der Waals surface area contributed by atoms with E-state index >= 15 is 0 Å². The van der Waals surface area contributed by atoms with E-state index in [1.807, 2.05) is 0 Å². The molecule has 146 valence electrons. The van der Waals surface area contributed by atoms with E-state index in [2.05, 4.69) is 76.2 Å². The molecule has 0 aliphatic carbocycles. The number of rotatable bonds is 5. The second kappa shape index (κ2) is 8.43. The Morgan fingerprint density at radius 2 is 1.75 bits per heavy atom. The van der Waals surface area contributed by atoms with Crippen molar-refractivity contribution < 1.29 is 0 Å². The molecule has 28 heavy (non-hydrogen) atoms. The number of nitrogens with zero attached hydrogens (tertiary/aromatic N) is 5. The summed E-state index contributed by atoms with van der Waals surface area (Å²) in [7, 11) is 2.14. The number of hydrogen-bond donors (Lipinski definition) is 1. The number of piperazine rings is 1. The SMILES string of the molecule is CCC([Se]c1ccc2ccccc2c1)c1nc(N)nc(N2CCN(C)CC2)n1. The van der Waals surface area contributed by atoms with Gasteiger partial charge in [0.1, 0.15) is 0 Å². The Hall–Kier alpha value is -2.21. The average Bonchev–Trinajstić information content (AvgIpc) is 2.72. The summed E-state index contributed by atoms with van der Waals surface area (Å²) in [6, 6.07) is 15.2. The molecule has 1 aliphatic heterocycles. The molecule has 4 rings (SSSR count). The first kappa shape index (κ1) is 19.1. The maximum absolute atomic E-state index is 6.06. The summed E-state index contributed by atoms with van der Waals surface area (Å²) >= 11 is 0.228. The minimum atomic E-state index is 0.228. The number of benzene rings is 2. The molecule has 1 aliphatic rings. The zero-order valence-electron chi connectivity index (χ0n) is 16.4. The van der Waals surface area contributed by atoms with Gasteiger partial charge < -0.3 is 0 Å². The van der Waals surface area contributed by atoms with Crippen LogP contribution in [0.2, 0.25) is 0 Å². The van der Waals surface area contributed by atoms with Gasteiger partial charge in [-0.3, -0.25) is 0 Å². The first-order valence-corrected chi connectivity index (χ1v) is 11.6. The molecule has 3 aromatic rings. The zero-order chi connectivity index (χ0) is 19.5. The molecule has 6 nitrogen and oxygen atoms in total. The molecule has 0 bridgehead atoms. The van der Waals surface area contributed by atoms with Crippen LogP contribution in [-0.4, -0.2) is 68.0 Å². The van der Waals surface area contributed by atoms with Crippen molar-refractivity contribution >= 4 is 42.1 Å². The van der Waals surface area contributed by atoms with E-state index in [0.29, 0.717) is 5.95 Å². The standard InChI is InChI=1S/C21H26N6Se/c1-3-18(28-17-9-8-15-6-4-5-7-16(15)14-17)19-23-20(22)25-21(24-19)27-12-10-26(2)11-13-27/h4-9,14,18H,3,10-13H2,1-2H3,(H2,22,23,24,25). The van der Waals surface area contributed by atoms with Gasteiger partial charge in [-0.05, 0) is 0 Å². The van der Waals surface area contributed by atoms with Crippen molar-refractivity contribution in [2.24, 2.45) is 0 Å². The van der Waals surface area contributed by atoms with Gasteiger partial charge in [-0.25, -0.2) is 0 Å². The third kappa shape index (κ3) is 4.27. The number of anilines is 2. The van der Waals surface area contributed by atoms with E-state index in [1.54, 1.807) is 0 Å². The zero-order valence-corrected chi connectivity index (χ0v) is 18.1. The van der Waals surface area contributed by atoms with Crippen LogP contribution in [0.4, 0.5) is 11.9 Å². The molecule has 0 spiro atoms. The molecule has 0 amide bonds. The van der Waals surface area contributed by atoms with Crippen molar-refractivity contribution in [3.63, 3.8) is 0 Å². The predicted octanol–water partition coefficient (Wildman–Crippen LogP) is 1.84. The van der Waals surface area contributed by atoms with E-state index < -0.39 is 0 Å². The number of nitrogens with two attached hydrogens (primary N) is 1. The number of fused-ring (bicyclic) bond motifs is 1. The Bertz CT molecular complexity index is 955. The van der Waals surface area contributed by atoms with Gasteiger partial charge in [0.25, 0.3) is 0 Å². The molecule has 2 aromatic carbocycles. The molecule has 1 atom stereocenters. The molecular weight excluding hydrogens is 415 g/mol. The molecule has 1 aromatic heterocycles. The Morgan fingerprint density at radius 1 is 1.00 bits per heavy atom. The average molecular weight is 441 g/mol. The molecule has 2 heterocycles. The van der Waals surface area contributed by atoms with Gasteiger partial charge in [0.05, 0.1) is 0 Å². The quantitative estimate of drug-likeness (QED) is 0.610. The molecule has 1 unspecified atom stereocenters. The molecule has 0 radical (unpaired) electrons. The summed E-state index contributed by atoms with van der Waals surface area (Å²) in [6.07, 6.45) is 0.985. The molecule has 1 saturated heterocycles. The van der Waals surface area contributed by atoms with Crippen LogP contribution in [-0.2, 0) is 0 Å². The predicted molar refractivity (Wildman–Crippen MR) is 116 cm³/mol. The fraction of sp³-hybridized carbons (Fsp3) is 0.381. The number of aromatic nitrogens is 3. The molecule has 7 heteroatoms. The van der Waals surface area contributed by atoms with E-state index in [1.165, 1.54) is 15.2 Å². The maximum atomic E-state index is 6.06. The number of likely N-dealkylation sites (N-methyl/N-ethyl adjacent to an activating group) is 1. The monoisotopic (exact) mass is 442 g/mol. The Kier molecular flexibility index (Phi) is 5.76. The number of nitrogen functional groups attached to an aromatic ring is 1.